The summed E-state index contributed by atoms with van der Waals surface area (Å²) < 4.78 is 17.3. The molecule has 0 saturated carbocycles. The second-order valence-corrected chi connectivity index (χ2v) is 6.37. The Hall–Kier alpha value is -1.74. The minimum atomic E-state index is -0.0356. The molecule has 2 rings (SSSR count). The lowest BCUT2D eigenvalue weighted by molar-refractivity contribution is 0.0170. The lowest BCUT2D eigenvalue weighted by Gasteiger charge is -2.26. The molecule has 1 aliphatic heterocycles. The average molecular weight is 316 g/mol. The Labute approximate surface area is 139 Å². The highest BCUT2D eigenvalue weighted by Crippen LogP contribution is 2.30. The highest BCUT2D eigenvalue weighted by Gasteiger charge is 2.20. The van der Waals surface area contributed by atoms with Gasteiger partial charge in [-0.05, 0) is 52.7 Å². The van der Waals surface area contributed by atoms with Crippen LogP contribution in [-0.2, 0) is 4.74 Å². The normalized spacial score (nSPS) is 17.0. The first-order chi connectivity index (χ1) is 11.1. The van der Waals surface area contributed by atoms with Gasteiger partial charge in [0.1, 0.15) is 6.61 Å². The Morgan fingerprint density at radius 2 is 1.87 bits per heavy atom. The van der Waals surface area contributed by atoms with Crippen molar-refractivity contribution in [3.05, 3.63) is 47.1 Å². The molecule has 0 amide bonds. The zero-order chi connectivity index (χ0) is 16.7. The zero-order valence-corrected chi connectivity index (χ0v) is 14.7. The standard InChI is InChI=1S/C20H28O3/c1-15(2)17(4)10-9-16(3)11-12-21-13-18-14-22-19-7-5-6-8-20(19)23-18/h5-8,11,18H,9-10,12-14H2,1-4H3. The van der Waals surface area contributed by atoms with Crippen LogP contribution in [0.25, 0.3) is 0 Å². The fourth-order valence-corrected chi connectivity index (χ4v) is 2.28. The number of hydrogen-bond donors (Lipinski definition) is 0. The minimum Gasteiger partial charge on any atom is -0.486 e. The van der Waals surface area contributed by atoms with Crippen LogP contribution in [0.3, 0.4) is 0 Å². The predicted molar refractivity (Wildman–Crippen MR) is 94.2 cm³/mol. The second kappa shape index (κ2) is 8.78. The van der Waals surface area contributed by atoms with E-state index in [4.69, 9.17) is 14.2 Å². The first kappa shape index (κ1) is 17.6. The van der Waals surface area contributed by atoms with E-state index in [1.807, 2.05) is 24.3 Å². The van der Waals surface area contributed by atoms with Crippen molar-refractivity contribution in [3.63, 3.8) is 0 Å². The monoisotopic (exact) mass is 316 g/mol. The fourth-order valence-electron chi connectivity index (χ4n) is 2.28. The number of ether oxygens (including phenoxy) is 3. The molecule has 23 heavy (non-hydrogen) atoms. The van der Waals surface area contributed by atoms with E-state index in [2.05, 4.69) is 33.8 Å². The van der Waals surface area contributed by atoms with Crippen LogP contribution in [0.1, 0.15) is 40.5 Å². The van der Waals surface area contributed by atoms with E-state index in [9.17, 15) is 0 Å². The van der Waals surface area contributed by atoms with Crippen LogP contribution in [0.2, 0.25) is 0 Å². The summed E-state index contributed by atoms with van der Waals surface area (Å²) in [6.45, 7) is 10.4. The Morgan fingerprint density at radius 1 is 1.13 bits per heavy atom. The highest BCUT2D eigenvalue weighted by atomic mass is 16.6. The molecule has 3 heteroatoms. The highest BCUT2D eigenvalue weighted by molar-refractivity contribution is 5.40. The number of allylic oxidation sites excluding steroid dienone is 3. The molecule has 1 atom stereocenters. The molecule has 1 aliphatic rings. The SMILES string of the molecule is CC(=CCOCC1COc2ccccc2O1)CCC(C)=C(C)C. The van der Waals surface area contributed by atoms with Crippen molar-refractivity contribution in [1.29, 1.82) is 0 Å². The Bertz CT molecular complexity index is 568. The quantitative estimate of drug-likeness (QED) is 0.527. The Balaban J connectivity index is 1.68. The summed E-state index contributed by atoms with van der Waals surface area (Å²) in [5, 5.41) is 0. The lowest BCUT2D eigenvalue weighted by atomic mass is 10.0. The van der Waals surface area contributed by atoms with Crippen molar-refractivity contribution in [3.8, 4) is 11.5 Å². The molecule has 0 bridgehead atoms. The molecular weight excluding hydrogens is 288 g/mol. The van der Waals surface area contributed by atoms with Gasteiger partial charge in [0.2, 0.25) is 0 Å². The van der Waals surface area contributed by atoms with Crippen LogP contribution in [0.4, 0.5) is 0 Å². The van der Waals surface area contributed by atoms with Gasteiger partial charge >= 0.3 is 0 Å². The van der Waals surface area contributed by atoms with E-state index in [-0.39, 0.29) is 6.10 Å². The van der Waals surface area contributed by atoms with Crippen LogP contribution >= 0.6 is 0 Å². The van der Waals surface area contributed by atoms with Gasteiger partial charge in [0, 0.05) is 0 Å². The van der Waals surface area contributed by atoms with Crippen molar-refractivity contribution >= 4 is 0 Å². The number of hydrogen-bond acceptors (Lipinski definition) is 3. The molecule has 0 radical (unpaired) electrons. The number of fused-ring (bicyclic) bond motifs is 1. The lowest BCUT2D eigenvalue weighted by Crippen LogP contribution is -2.33. The van der Waals surface area contributed by atoms with Crippen LogP contribution in [0.15, 0.2) is 47.1 Å². The summed E-state index contributed by atoms with van der Waals surface area (Å²) in [7, 11) is 0. The Kier molecular flexibility index (Phi) is 6.72. The molecule has 126 valence electrons. The van der Waals surface area contributed by atoms with E-state index in [1.54, 1.807) is 0 Å². The molecule has 0 fully saturated rings. The molecule has 3 nitrogen and oxygen atoms in total. The number of rotatable bonds is 7. The third-order valence-electron chi connectivity index (χ3n) is 4.17. The van der Waals surface area contributed by atoms with Crippen LogP contribution in [0.5, 0.6) is 11.5 Å². The maximum absolute atomic E-state index is 5.87. The van der Waals surface area contributed by atoms with Crippen molar-refractivity contribution in [2.45, 2.75) is 46.6 Å². The van der Waals surface area contributed by atoms with Gasteiger partial charge in [-0.25, -0.2) is 0 Å². The first-order valence-electron chi connectivity index (χ1n) is 8.31. The molecule has 1 aromatic carbocycles. The average Bonchev–Trinajstić information content (AvgIpc) is 2.56. The maximum atomic E-state index is 5.87. The minimum absolute atomic E-state index is 0.0356. The molecule has 0 N–H and O–H groups in total. The fraction of sp³-hybridized carbons (Fsp3) is 0.500. The summed E-state index contributed by atoms with van der Waals surface area (Å²) in [6, 6.07) is 7.75. The second-order valence-electron chi connectivity index (χ2n) is 6.37. The summed E-state index contributed by atoms with van der Waals surface area (Å²) in [6.07, 6.45) is 4.35. The van der Waals surface area contributed by atoms with E-state index in [0.717, 1.165) is 24.3 Å². The number of para-hydroxylation sites is 2. The van der Waals surface area contributed by atoms with E-state index in [1.165, 1.54) is 16.7 Å². The molecule has 1 heterocycles. The molecule has 1 unspecified atom stereocenters. The smallest absolute Gasteiger partial charge is 0.161 e. The largest absolute Gasteiger partial charge is 0.486 e. The number of benzene rings is 1. The molecule has 0 aromatic heterocycles. The molecule has 0 spiro atoms. The molecular formula is C20H28O3. The topological polar surface area (TPSA) is 27.7 Å². The van der Waals surface area contributed by atoms with E-state index < -0.39 is 0 Å². The summed E-state index contributed by atoms with van der Waals surface area (Å²) >= 11 is 0. The van der Waals surface area contributed by atoms with Gasteiger partial charge in [0.25, 0.3) is 0 Å². The van der Waals surface area contributed by atoms with Gasteiger partial charge in [-0.3, -0.25) is 0 Å². The van der Waals surface area contributed by atoms with Crippen molar-refractivity contribution in [1.82, 2.24) is 0 Å². The van der Waals surface area contributed by atoms with Crippen LogP contribution in [0, 0.1) is 0 Å². The van der Waals surface area contributed by atoms with Gasteiger partial charge in [-0.2, -0.15) is 0 Å². The summed E-state index contributed by atoms with van der Waals surface area (Å²) in [5.41, 5.74) is 4.27. The van der Waals surface area contributed by atoms with Gasteiger partial charge in [0.15, 0.2) is 17.6 Å². The van der Waals surface area contributed by atoms with Gasteiger partial charge in [0.05, 0.1) is 13.2 Å². The first-order valence-corrected chi connectivity index (χ1v) is 8.31. The summed E-state index contributed by atoms with van der Waals surface area (Å²) in [5.74, 6) is 1.62. The molecule has 1 aromatic rings. The van der Waals surface area contributed by atoms with Crippen LogP contribution in [-0.4, -0.2) is 25.9 Å². The summed E-state index contributed by atoms with van der Waals surface area (Å²) in [4.78, 5) is 0. The maximum Gasteiger partial charge on any atom is 0.161 e. The van der Waals surface area contributed by atoms with Crippen molar-refractivity contribution in [2.75, 3.05) is 19.8 Å². The third kappa shape index (κ3) is 5.76. The molecule has 0 saturated heterocycles. The van der Waals surface area contributed by atoms with Crippen molar-refractivity contribution < 1.29 is 14.2 Å². The van der Waals surface area contributed by atoms with Crippen LogP contribution < -0.4 is 9.47 Å². The third-order valence-corrected chi connectivity index (χ3v) is 4.17. The predicted octanol–water partition coefficient (Wildman–Crippen LogP) is 4.93. The van der Waals surface area contributed by atoms with E-state index in [0.29, 0.717) is 19.8 Å². The zero-order valence-electron chi connectivity index (χ0n) is 14.7. The molecule has 0 aliphatic carbocycles. The van der Waals surface area contributed by atoms with Gasteiger partial charge < -0.3 is 14.2 Å². The van der Waals surface area contributed by atoms with Crippen molar-refractivity contribution in [2.24, 2.45) is 0 Å². The van der Waals surface area contributed by atoms with Gasteiger partial charge in [-0.15, -0.1) is 0 Å². The van der Waals surface area contributed by atoms with E-state index >= 15 is 0 Å². The Morgan fingerprint density at radius 3 is 2.61 bits per heavy atom. The van der Waals surface area contributed by atoms with Gasteiger partial charge in [-0.1, -0.05) is 34.9 Å².